The van der Waals surface area contributed by atoms with Crippen LogP contribution in [0.3, 0.4) is 0 Å². The van der Waals surface area contributed by atoms with E-state index in [9.17, 15) is 4.79 Å². The minimum absolute atomic E-state index is 0.225. The fraction of sp³-hybridized carbons (Fsp3) is 0.462. The molecular weight excluding hydrogens is 200 g/mol. The number of nitrogens with one attached hydrogen (secondary N) is 1. The Hall–Kier alpha value is -1.35. The van der Waals surface area contributed by atoms with Gasteiger partial charge in [0.2, 0.25) is 5.91 Å². The summed E-state index contributed by atoms with van der Waals surface area (Å²) in [5, 5.41) is 3.16. The smallest absolute Gasteiger partial charge is 0.239 e. The molecule has 0 bridgehead atoms. The number of hydrogen-bond donors (Lipinski definition) is 2. The second-order valence-corrected chi connectivity index (χ2v) is 4.25. The summed E-state index contributed by atoms with van der Waals surface area (Å²) < 4.78 is 0. The van der Waals surface area contributed by atoms with Gasteiger partial charge >= 0.3 is 0 Å². The molecule has 0 saturated heterocycles. The van der Waals surface area contributed by atoms with Gasteiger partial charge in [-0.25, -0.2) is 0 Å². The highest BCUT2D eigenvalue weighted by molar-refractivity contribution is 5.81. The van der Waals surface area contributed by atoms with Crippen molar-refractivity contribution in [1.82, 2.24) is 5.32 Å². The molecule has 0 spiro atoms. The van der Waals surface area contributed by atoms with Gasteiger partial charge in [-0.1, -0.05) is 31.2 Å². The summed E-state index contributed by atoms with van der Waals surface area (Å²) >= 11 is 0. The molecule has 1 rings (SSSR count). The van der Waals surface area contributed by atoms with Crippen LogP contribution in [0.1, 0.15) is 37.9 Å². The number of hydrogen-bond acceptors (Lipinski definition) is 2. The molecule has 0 fully saturated rings. The molecule has 3 heteroatoms. The van der Waals surface area contributed by atoms with Crippen LogP contribution in [0, 0.1) is 0 Å². The molecule has 0 saturated carbocycles. The lowest BCUT2D eigenvalue weighted by Crippen LogP contribution is -2.37. The lowest BCUT2D eigenvalue weighted by atomic mass is 10.0. The fourth-order valence-electron chi connectivity index (χ4n) is 1.62. The molecule has 1 unspecified atom stereocenters. The standard InChI is InChI=1S/C13H20N2O/c1-4-10-5-7-11(8-6-10)12(13(14)16)15-9(2)3/h5-9,12,15H,4H2,1-3H3,(H2,14,16). The Morgan fingerprint density at radius 3 is 2.25 bits per heavy atom. The number of rotatable bonds is 5. The zero-order chi connectivity index (χ0) is 12.1. The Kier molecular flexibility index (Phi) is 4.50. The van der Waals surface area contributed by atoms with E-state index >= 15 is 0 Å². The molecule has 0 heterocycles. The van der Waals surface area contributed by atoms with Crippen LogP contribution in [-0.4, -0.2) is 11.9 Å². The Morgan fingerprint density at radius 2 is 1.88 bits per heavy atom. The molecule has 1 aromatic rings. The van der Waals surface area contributed by atoms with Gasteiger partial charge in [0.15, 0.2) is 0 Å². The van der Waals surface area contributed by atoms with E-state index in [-0.39, 0.29) is 11.9 Å². The van der Waals surface area contributed by atoms with Gasteiger partial charge in [0.1, 0.15) is 6.04 Å². The Balaban J connectivity index is 2.88. The van der Waals surface area contributed by atoms with Gasteiger partial charge in [-0.05, 0) is 31.4 Å². The van der Waals surface area contributed by atoms with E-state index < -0.39 is 6.04 Å². The Labute approximate surface area is 97.0 Å². The quantitative estimate of drug-likeness (QED) is 0.794. The molecule has 1 atom stereocenters. The molecule has 1 amide bonds. The largest absolute Gasteiger partial charge is 0.368 e. The van der Waals surface area contributed by atoms with Crippen LogP contribution in [0.5, 0.6) is 0 Å². The van der Waals surface area contributed by atoms with Gasteiger partial charge in [0, 0.05) is 6.04 Å². The highest BCUT2D eigenvalue weighted by atomic mass is 16.1. The molecule has 0 aliphatic carbocycles. The monoisotopic (exact) mass is 220 g/mol. The summed E-state index contributed by atoms with van der Waals surface area (Å²) in [6, 6.07) is 7.82. The van der Waals surface area contributed by atoms with Crippen LogP contribution in [0.4, 0.5) is 0 Å². The van der Waals surface area contributed by atoms with Crippen LogP contribution in [-0.2, 0) is 11.2 Å². The molecule has 1 aromatic carbocycles. The molecular formula is C13H20N2O. The molecule has 3 nitrogen and oxygen atoms in total. The van der Waals surface area contributed by atoms with Crippen molar-refractivity contribution in [2.45, 2.75) is 39.3 Å². The van der Waals surface area contributed by atoms with Gasteiger partial charge in [-0.3, -0.25) is 10.1 Å². The zero-order valence-corrected chi connectivity index (χ0v) is 10.2. The molecule has 88 valence electrons. The van der Waals surface area contributed by atoms with Gasteiger partial charge in [0.05, 0.1) is 0 Å². The van der Waals surface area contributed by atoms with Crippen molar-refractivity contribution >= 4 is 5.91 Å². The number of carbonyl (C=O) groups excluding carboxylic acids is 1. The molecule has 16 heavy (non-hydrogen) atoms. The highest BCUT2D eigenvalue weighted by Gasteiger charge is 2.17. The SMILES string of the molecule is CCc1ccc(C(NC(C)C)C(N)=O)cc1. The van der Waals surface area contributed by atoms with E-state index in [0.717, 1.165) is 12.0 Å². The summed E-state index contributed by atoms with van der Waals surface area (Å²) in [6.07, 6.45) is 0.999. The summed E-state index contributed by atoms with van der Waals surface area (Å²) in [5.41, 5.74) is 7.58. The molecule has 0 aromatic heterocycles. The van der Waals surface area contributed by atoms with Crippen molar-refractivity contribution in [3.63, 3.8) is 0 Å². The van der Waals surface area contributed by atoms with E-state index in [0.29, 0.717) is 0 Å². The second kappa shape index (κ2) is 5.66. The first-order chi connectivity index (χ1) is 7.54. The summed E-state index contributed by atoms with van der Waals surface area (Å²) in [4.78, 5) is 11.3. The average Bonchev–Trinajstić information content (AvgIpc) is 2.25. The maximum atomic E-state index is 11.3. The summed E-state index contributed by atoms with van der Waals surface area (Å²) in [7, 11) is 0. The van der Waals surface area contributed by atoms with Crippen LogP contribution < -0.4 is 11.1 Å². The van der Waals surface area contributed by atoms with Crippen molar-refractivity contribution < 1.29 is 4.79 Å². The Morgan fingerprint density at radius 1 is 1.31 bits per heavy atom. The third-order valence-electron chi connectivity index (χ3n) is 2.51. The number of primary amides is 1. The first-order valence-electron chi connectivity index (χ1n) is 5.68. The van der Waals surface area contributed by atoms with E-state index in [2.05, 4.69) is 12.2 Å². The van der Waals surface area contributed by atoms with Gasteiger partial charge in [-0.2, -0.15) is 0 Å². The number of amides is 1. The van der Waals surface area contributed by atoms with E-state index in [1.165, 1.54) is 5.56 Å². The minimum Gasteiger partial charge on any atom is -0.368 e. The fourth-order valence-corrected chi connectivity index (χ4v) is 1.62. The first-order valence-corrected chi connectivity index (χ1v) is 5.68. The molecule has 0 radical (unpaired) electrons. The van der Waals surface area contributed by atoms with Gasteiger partial charge in [0.25, 0.3) is 0 Å². The molecule has 0 aliphatic heterocycles. The van der Waals surface area contributed by atoms with Crippen LogP contribution in [0.2, 0.25) is 0 Å². The van der Waals surface area contributed by atoms with E-state index in [4.69, 9.17) is 5.73 Å². The summed E-state index contributed by atoms with van der Waals surface area (Å²) in [6.45, 7) is 6.10. The van der Waals surface area contributed by atoms with Crippen LogP contribution in [0.15, 0.2) is 24.3 Å². The lowest BCUT2D eigenvalue weighted by Gasteiger charge is -2.18. The number of benzene rings is 1. The average molecular weight is 220 g/mol. The van der Waals surface area contributed by atoms with E-state index in [1.807, 2.05) is 38.1 Å². The minimum atomic E-state index is -0.397. The van der Waals surface area contributed by atoms with Crippen LogP contribution >= 0.6 is 0 Å². The van der Waals surface area contributed by atoms with Crippen molar-refractivity contribution in [3.8, 4) is 0 Å². The zero-order valence-electron chi connectivity index (χ0n) is 10.2. The van der Waals surface area contributed by atoms with Crippen LogP contribution in [0.25, 0.3) is 0 Å². The van der Waals surface area contributed by atoms with Crippen molar-refractivity contribution in [2.75, 3.05) is 0 Å². The lowest BCUT2D eigenvalue weighted by molar-refractivity contribution is -0.120. The third kappa shape index (κ3) is 3.35. The maximum Gasteiger partial charge on any atom is 0.239 e. The number of nitrogens with two attached hydrogens (primary N) is 1. The second-order valence-electron chi connectivity index (χ2n) is 4.25. The van der Waals surface area contributed by atoms with Crippen molar-refractivity contribution in [1.29, 1.82) is 0 Å². The predicted molar refractivity (Wildman–Crippen MR) is 66.0 cm³/mol. The number of aryl methyl sites for hydroxylation is 1. The first kappa shape index (κ1) is 12.7. The predicted octanol–water partition coefficient (Wildman–Crippen LogP) is 1.77. The maximum absolute atomic E-state index is 11.3. The highest BCUT2D eigenvalue weighted by Crippen LogP contribution is 2.14. The van der Waals surface area contributed by atoms with Gasteiger partial charge in [-0.15, -0.1) is 0 Å². The van der Waals surface area contributed by atoms with E-state index in [1.54, 1.807) is 0 Å². The number of carbonyl (C=O) groups is 1. The van der Waals surface area contributed by atoms with Gasteiger partial charge < -0.3 is 5.73 Å². The Bertz CT molecular complexity index is 343. The normalized spacial score (nSPS) is 12.8. The van der Waals surface area contributed by atoms with Crippen molar-refractivity contribution in [2.24, 2.45) is 5.73 Å². The third-order valence-corrected chi connectivity index (χ3v) is 2.51. The molecule has 0 aliphatic rings. The van der Waals surface area contributed by atoms with Crippen molar-refractivity contribution in [3.05, 3.63) is 35.4 Å². The summed E-state index contributed by atoms with van der Waals surface area (Å²) in [5.74, 6) is -0.335. The molecule has 3 N–H and O–H groups in total. The topological polar surface area (TPSA) is 55.1 Å².